The molecular formula is C34H41N7O6S. The number of amides is 2. The van der Waals surface area contributed by atoms with E-state index < -0.39 is 22.2 Å². The maximum atomic E-state index is 13.8. The predicted molar refractivity (Wildman–Crippen MR) is 183 cm³/mol. The highest BCUT2D eigenvalue weighted by Crippen LogP contribution is 2.36. The monoisotopic (exact) mass is 675 g/mol. The van der Waals surface area contributed by atoms with E-state index in [0.29, 0.717) is 36.6 Å². The van der Waals surface area contributed by atoms with Gasteiger partial charge in [0.25, 0.3) is 21.8 Å². The number of carbonyl (C=O) groups is 2. The molecule has 0 fully saturated rings. The van der Waals surface area contributed by atoms with Gasteiger partial charge in [0, 0.05) is 44.4 Å². The van der Waals surface area contributed by atoms with Crippen LogP contribution in [0.5, 0.6) is 5.75 Å². The number of aromatic nitrogens is 2. The third kappa shape index (κ3) is 7.78. The fourth-order valence-electron chi connectivity index (χ4n) is 5.52. The van der Waals surface area contributed by atoms with Crippen molar-refractivity contribution >= 4 is 38.9 Å². The van der Waals surface area contributed by atoms with Crippen LogP contribution in [0.2, 0.25) is 0 Å². The molecule has 1 aliphatic heterocycles. The van der Waals surface area contributed by atoms with Crippen LogP contribution in [0.25, 0.3) is 0 Å². The van der Waals surface area contributed by atoms with Crippen molar-refractivity contribution in [2.75, 3.05) is 42.5 Å². The lowest BCUT2D eigenvalue weighted by atomic mass is 9.99. The Bertz CT molecular complexity index is 1880. The molecule has 0 saturated heterocycles. The molecule has 13 nitrogen and oxygen atoms in total. The molecule has 5 rings (SSSR count). The van der Waals surface area contributed by atoms with Crippen molar-refractivity contribution in [2.24, 2.45) is 13.0 Å². The Morgan fingerprint density at radius 2 is 1.83 bits per heavy atom. The molecule has 0 saturated carbocycles. The summed E-state index contributed by atoms with van der Waals surface area (Å²) in [5.41, 5.74) is 8.72. The van der Waals surface area contributed by atoms with Crippen molar-refractivity contribution in [3.05, 3.63) is 95.9 Å². The second kappa shape index (κ2) is 14.5. The van der Waals surface area contributed by atoms with Gasteiger partial charge in [-0.25, -0.2) is 4.98 Å². The summed E-state index contributed by atoms with van der Waals surface area (Å²) in [6, 6.07) is 18.6. The molecule has 3 atom stereocenters. The number of fused-ring (bicyclic) bond motifs is 1. The third-order valence-electron chi connectivity index (χ3n) is 8.26. The van der Waals surface area contributed by atoms with E-state index in [1.54, 1.807) is 73.5 Å². The fourth-order valence-corrected chi connectivity index (χ4v) is 6.56. The normalized spacial score (nSPS) is 17.2. The summed E-state index contributed by atoms with van der Waals surface area (Å²) in [5.74, 6) is -0.732. The number of ether oxygens (including phenoxy) is 1. The number of sulfonamides is 1. The minimum absolute atomic E-state index is 0.107. The lowest BCUT2D eigenvalue weighted by Crippen LogP contribution is -2.49. The average Bonchev–Trinajstić information content (AvgIpc) is 3.51. The SMILES string of the molecule is C[C@@H]1CN([C@@H](C)CO)C(=O)c2cccc(NS(=O)(=O)c3cn(C)cn3)c2O[C@H]1CN(C)Cc1ccc(C(=O)Nc2ccccc2N)cc1. The molecule has 48 heavy (non-hydrogen) atoms. The molecule has 2 amide bonds. The zero-order valence-electron chi connectivity index (χ0n) is 27.3. The Morgan fingerprint density at radius 1 is 1.12 bits per heavy atom. The Balaban J connectivity index is 1.36. The summed E-state index contributed by atoms with van der Waals surface area (Å²) in [4.78, 5) is 34.2. The van der Waals surface area contributed by atoms with Crippen LogP contribution in [0.1, 0.15) is 40.1 Å². The summed E-state index contributed by atoms with van der Waals surface area (Å²) in [7, 11) is -0.496. The van der Waals surface area contributed by atoms with Gasteiger partial charge in [-0.05, 0) is 55.9 Å². The van der Waals surface area contributed by atoms with Crippen LogP contribution in [-0.2, 0) is 23.6 Å². The van der Waals surface area contributed by atoms with Gasteiger partial charge in [0.1, 0.15) is 6.10 Å². The van der Waals surface area contributed by atoms with Crippen molar-refractivity contribution in [3.8, 4) is 5.75 Å². The van der Waals surface area contributed by atoms with Gasteiger partial charge in [-0.15, -0.1) is 0 Å². The summed E-state index contributed by atoms with van der Waals surface area (Å²) in [6.45, 7) is 4.75. The van der Waals surface area contributed by atoms with Crippen molar-refractivity contribution < 1.29 is 27.9 Å². The van der Waals surface area contributed by atoms with E-state index in [4.69, 9.17) is 10.5 Å². The van der Waals surface area contributed by atoms with Crippen LogP contribution < -0.4 is 20.5 Å². The van der Waals surface area contributed by atoms with E-state index in [9.17, 15) is 23.1 Å². The molecule has 0 spiro atoms. The number of imidazole rings is 1. The number of nitrogens with one attached hydrogen (secondary N) is 2. The quantitative estimate of drug-likeness (QED) is 0.174. The van der Waals surface area contributed by atoms with Gasteiger partial charge in [-0.3, -0.25) is 19.2 Å². The van der Waals surface area contributed by atoms with E-state index in [1.165, 1.54) is 17.1 Å². The van der Waals surface area contributed by atoms with Gasteiger partial charge in [0.2, 0.25) is 0 Å². The minimum Gasteiger partial charge on any atom is -0.486 e. The lowest BCUT2D eigenvalue weighted by molar-refractivity contribution is 0.0344. The number of benzene rings is 3. The predicted octanol–water partition coefficient (Wildman–Crippen LogP) is 3.41. The Kier molecular flexibility index (Phi) is 10.4. The molecule has 254 valence electrons. The topological polar surface area (TPSA) is 172 Å². The fraction of sp³-hybridized carbons (Fsp3) is 0.324. The van der Waals surface area contributed by atoms with Crippen LogP contribution in [-0.4, -0.2) is 83.6 Å². The van der Waals surface area contributed by atoms with Crippen LogP contribution in [0.4, 0.5) is 17.1 Å². The molecular weight excluding hydrogens is 634 g/mol. The highest BCUT2D eigenvalue weighted by Gasteiger charge is 2.35. The van der Waals surface area contributed by atoms with Crippen molar-refractivity contribution in [3.63, 3.8) is 0 Å². The number of nitrogens with two attached hydrogens (primary N) is 1. The molecule has 5 N–H and O–H groups in total. The minimum atomic E-state index is -4.10. The summed E-state index contributed by atoms with van der Waals surface area (Å²) < 4.78 is 37.1. The second-order valence-corrected chi connectivity index (χ2v) is 13.9. The highest BCUT2D eigenvalue weighted by atomic mass is 32.2. The number of carbonyl (C=O) groups excluding carboxylic acids is 2. The van der Waals surface area contributed by atoms with Crippen LogP contribution in [0.3, 0.4) is 0 Å². The maximum absolute atomic E-state index is 13.8. The van der Waals surface area contributed by atoms with Crippen LogP contribution >= 0.6 is 0 Å². The molecule has 4 aromatic rings. The first-order valence-corrected chi connectivity index (χ1v) is 17.0. The summed E-state index contributed by atoms with van der Waals surface area (Å²) in [6.07, 6.45) is 2.29. The largest absolute Gasteiger partial charge is 0.486 e. The van der Waals surface area contributed by atoms with Crippen molar-refractivity contribution in [2.45, 2.75) is 37.6 Å². The zero-order chi connectivity index (χ0) is 34.6. The molecule has 14 heteroatoms. The standard InChI is InChI=1S/C34H41N7O6S/c1-22-16-41(23(2)20-42)34(44)26-8-7-11-29(38-48(45,46)31-19-40(4)21-36-31)32(26)47-30(22)18-39(3)17-24-12-14-25(15-13-24)33(43)37-28-10-6-5-9-27(28)35/h5-15,19,21-23,30,38,42H,16-18,20,35H2,1-4H3,(H,37,43)/t22-,23+,30+/m1/s1. The van der Waals surface area contributed by atoms with E-state index in [-0.39, 0.29) is 46.4 Å². The number of likely N-dealkylation sites (N-methyl/N-ethyl adjacent to an activating group) is 1. The lowest BCUT2D eigenvalue weighted by Gasteiger charge is -2.38. The molecule has 2 heterocycles. The number of hydrogen-bond acceptors (Lipinski definition) is 9. The second-order valence-electron chi connectivity index (χ2n) is 12.2. The summed E-state index contributed by atoms with van der Waals surface area (Å²) in [5, 5.41) is 12.6. The number of hydrogen-bond donors (Lipinski definition) is 4. The molecule has 3 aromatic carbocycles. The number of anilines is 3. The van der Waals surface area contributed by atoms with Crippen molar-refractivity contribution in [1.82, 2.24) is 19.4 Å². The number of rotatable bonds is 11. The number of aliphatic hydroxyl groups excluding tert-OH is 1. The Hall–Kier alpha value is -4.92. The third-order valence-corrected chi connectivity index (χ3v) is 9.51. The van der Waals surface area contributed by atoms with Crippen molar-refractivity contribution in [1.29, 1.82) is 0 Å². The van der Waals surface area contributed by atoms with Gasteiger partial charge in [0.15, 0.2) is 10.8 Å². The van der Waals surface area contributed by atoms with Gasteiger partial charge >= 0.3 is 0 Å². The first-order valence-electron chi connectivity index (χ1n) is 15.5. The van der Waals surface area contributed by atoms with E-state index in [0.717, 1.165) is 5.56 Å². The zero-order valence-corrected chi connectivity index (χ0v) is 28.1. The van der Waals surface area contributed by atoms with E-state index in [2.05, 4.69) is 19.9 Å². The molecule has 1 aromatic heterocycles. The van der Waals surface area contributed by atoms with Gasteiger partial charge in [-0.2, -0.15) is 8.42 Å². The molecule has 0 radical (unpaired) electrons. The number of aliphatic hydroxyl groups is 1. The first kappa shape index (κ1) is 34.4. The molecule has 1 aliphatic rings. The van der Waals surface area contributed by atoms with Gasteiger partial charge in [0.05, 0.1) is 41.6 Å². The van der Waals surface area contributed by atoms with Gasteiger partial charge in [-0.1, -0.05) is 37.3 Å². The van der Waals surface area contributed by atoms with Crippen LogP contribution in [0, 0.1) is 5.92 Å². The maximum Gasteiger partial charge on any atom is 0.281 e. The number of nitrogens with zero attached hydrogens (tertiary/aromatic N) is 4. The van der Waals surface area contributed by atoms with E-state index in [1.807, 2.05) is 26.1 Å². The Morgan fingerprint density at radius 3 is 2.50 bits per heavy atom. The smallest absolute Gasteiger partial charge is 0.281 e. The first-order chi connectivity index (χ1) is 22.9. The van der Waals surface area contributed by atoms with Crippen LogP contribution in [0.15, 0.2) is 84.3 Å². The number of aryl methyl sites for hydroxylation is 1. The summed E-state index contributed by atoms with van der Waals surface area (Å²) >= 11 is 0. The highest BCUT2D eigenvalue weighted by molar-refractivity contribution is 7.92. The van der Waals surface area contributed by atoms with E-state index >= 15 is 0 Å². The molecule has 0 unspecified atom stereocenters. The Labute approximate surface area is 280 Å². The molecule has 0 aliphatic carbocycles. The number of para-hydroxylation sites is 3. The molecule has 0 bridgehead atoms. The number of nitrogen functional groups attached to an aromatic ring is 1. The average molecular weight is 676 g/mol. The van der Waals surface area contributed by atoms with Gasteiger partial charge < -0.3 is 30.4 Å².